The highest BCUT2D eigenvalue weighted by Crippen LogP contribution is 2.33. The lowest BCUT2D eigenvalue weighted by atomic mass is 10.2. The van der Waals surface area contributed by atoms with Crippen molar-refractivity contribution >= 4 is 17.1 Å². The number of nitrogens with two attached hydrogens (primary N) is 1. The number of anilines is 1. The van der Waals surface area contributed by atoms with Crippen molar-refractivity contribution in [3.63, 3.8) is 0 Å². The molecule has 90 valence electrons. The van der Waals surface area contributed by atoms with Gasteiger partial charge in [0.1, 0.15) is 5.52 Å². The molecule has 1 fully saturated rings. The van der Waals surface area contributed by atoms with Crippen molar-refractivity contribution in [2.75, 3.05) is 5.73 Å². The molecule has 3 rings (SSSR count). The number of pyridine rings is 1. The van der Waals surface area contributed by atoms with Gasteiger partial charge in [-0.2, -0.15) is 0 Å². The van der Waals surface area contributed by atoms with Crippen molar-refractivity contribution in [1.82, 2.24) is 14.5 Å². The molecule has 1 aliphatic rings. The maximum atomic E-state index is 5.95. The molecule has 2 N–H and O–H groups in total. The van der Waals surface area contributed by atoms with Crippen LogP contribution in [0, 0.1) is 12.8 Å². The Bertz CT molecular complexity index is 540. The molecular formula is C13H18N4. The van der Waals surface area contributed by atoms with Crippen molar-refractivity contribution in [2.45, 2.75) is 39.2 Å². The molecule has 0 aliphatic heterocycles. The Morgan fingerprint density at radius 2 is 2.29 bits per heavy atom. The molecule has 4 nitrogen and oxygen atoms in total. The monoisotopic (exact) mass is 230 g/mol. The van der Waals surface area contributed by atoms with E-state index in [2.05, 4.69) is 9.97 Å². The van der Waals surface area contributed by atoms with Gasteiger partial charge in [-0.15, -0.1) is 0 Å². The quantitative estimate of drug-likeness (QED) is 0.878. The van der Waals surface area contributed by atoms with E-state index in [1.165, 1.54) is 25.7 Å². The molecule has 2 heterocycles. The lowest BCUT2D eigenvalue weighted by Crippen LogP contribution is -2.04. The molecule has 0 atom stereocenters. The summed E-state index contributed by atoms with van der Waals surface area (Å²) in [6, 6.07) is 2.04. The lowest BCUT2D eigenvalue weighted by molar-refractivity contribution is 0.588. The molecule has 0 bridgehead atoms. The summed E-state index contributed by atoms with van der Waals surface area (Å²) in [5, 5.41) is 0. The van der Waals surface area contributed by atoms with Crippen molar-refractivity contribution in [3.8, 4) is 0 Å². The summed E-state index contributed by atoms with van der Waals surface area (Å²) >= 11 is 0. The van der Waals surface area contributed by atoms with Crippen molar-refractivity contribution < 1.29 is 0 Å². The molecule has 2 aromatic rings. The van der Waals surface area contributed by atoms with Crippen LogP contribution in [-0.2, 0) is 6.54 Å². The normalized spacial score (nSPS) is 15.6. The van der Waals surface area contributed by atoms with Crippen LogP contribution in [-0.4, -0.2) is 14.5 Å². The Labute approximate surface area is 101 Å². The number of hydrogen-bond acceptors (Lipinski definition) is 3. The summed E-state index contributed by atoms with van der Waals surface area (Å²) < 4.78 is 2.04. The van der Waals surface area contributed by atoms with Gasteiger partial charge >= 0.3 is 0 Å². The van der Waals surface area contributed by atoms with Gasteiger partial charge in [0, 0.05) is 12.7 Å². The maximum Gasteiger partial charge on any atom is 0.202 e. The number of aryl methyl sites for hydroxylation is 2. The first-order chi connectivity index (χ1) is 8.24. The van der Waals surface area contributed by atoms with Crippen LogP contribution in [0.25, 0.3) is 11.2 Å². The van der Waals surface area contributed by atoms with Gasteiger partial charge in [-0.05, 0) is 37.3 Å². The predicted molar refractivity (Wildman–Crippen MR) is 68.6 cm³/mol. The fraction of sp³-hybridized carbons (Fsp3) is 0.538. The van der Waals surface area contributed by atoms with Crippen LogP contribution >= 0.6 is 0 Å². The Kier molecular flexibility index (Phi) is 2.50. The number of rotatable bonds is 4. The summed E-state index contributed by atoms with van der Waals surface area (Å²) in [5.74, 6) is 1.56. The zero-order chi connectivity index (χ0) is 11.8. The van der Waals surface area contributed by atoms with Gasteiger partial charge in [0.05, 0.1) is 0 Å². The minimum Gasteiger partial charge on any atom is -0.369 e. The summed E-state index contributed by atoms with van der Waals surface area (Å²) in [6.07, 6.45) is 7.19. The first-order valence-electron chi connectivity index (χ1n) is 6.32. The third kappa shape index (κ3) is 2.12. The van der Waals surface area contributed by atoms with Crippen LogP contribution in [0.3, 0.4) is 0 Å². The van der Waals surface area contributed by atoms with E-state index < -0.39 is 0 Å². The molecule has 17 heavy (non-hydrogen) atoms. The Morgan fingerprint density at radius 1 is 1.47 bits per heavy atom. The predicted octanol–water partition coefficient (Wildman–Crippen LogP) is 2.51. The fourth-order valence-electron chi connectivity index (χ4n) is 2.29. The fourth-order valence-corrected chi connectivity index (χ4v) is 2.29. The highest BCUT2D eigenvalue weighted by Gasteiger charge is 2.20. The van der Waals surface area contributed by atoms with Gasteiger partial charge in [0.2, 0.25) is 5.95 Å². The number of hydrogen-bond donors (Lipinski definition) is 1. The number of nitrogens with zero attached hydrogens (tertiary/aromatic N) is 3. The summed E-state index contributed by atoms with van der Waals surface area (Å²) in [5.41, 5.74) is 8.90. The van der Waals surface area contributed by atoms with E-state index in [1.54, 1.807) is 0 Å². The Balaban J connectivity index is 1.83. The molecule has 4 heteroatoms. The third-order valence-corrected chi connectivity index (χ3v) is 3.44. The Hall–Kier alpha value is -1.58. The van der Waals surface area contributed by atoms with Gasteiger partial charge < -0.3 is 5.73 Å². The molecule has 0 aromatic carbocycles. The molecule has 1 saturated carbocycles. The first-order valence-corrected chi connectivity index (χ1v) is 6.32. The minimum atomic E-state index is 0.592. The van der Waals surface area contributed by atoms with Gasteiger partial charge in [0.25, 0.3) is 0 Å². The zero-order valence-electron chi connectivity index (χ0n) is 10.2. The van der Waals surface area contributed by atoms with Crippen molar-refractivity contribution in [1.29, 1.82) is 0 Å². The number of aromatic nitrogens is 3. The van der Waals surface area contributed by atoms with Gasteiger partial charge in [-0.3, -0.25) is 4.57 Å². The Morgan fingerprint density at radius 3 is 3.06 bits per heavy atom. The average Bonchev–Trinajstić information content (AvgIpc) is 3.04. The van der Waals surface area contributed by atoms with Gasteiger partial charge in [0.15, 0.2) is 5.65 Å². The lowest BCUT2D eigenvalue weighted by Gasteiger charge is -2.05. The smallest absolute Gasteiger partial charge is 0.202 e. The molecule has 1 aliphatic carbocycles. The van der Waals surface area contributed by atoms with Crippen LogP contribution in [0.5, 0.6) is 0 Å². The van der Waals surface area contributed by atoms with E-state index in [1.807, 2.05) is 23.8 Å². The molecular weight excluding hydrogens is 212 g/mol. The van der Waals surface area contributed by atoms with Crippen molar-refractivity contribution in [2.24, 2.45) is 5.92 Å². The largest absolute Gasteiger partial charge is 0.369 e. The zero-order valence-corrected chi connectivity index (χ0v) is 10.2. The highest BCUT2D eigenvalue weighted by atomic mass is 15.2. The third-order valence-electron chi connectivity index (χ3n) is 3.44. The van der Waals surface area contributed by atoms with Gasteiger partial charge in [-0.25, -0.2) is 9.97 Å². The van der Waals surface area contributed by atoms with E-state index in [0.29, 0.717) is 5.95 Å². The highest BCUT2D eigenvalue weighted by molar-refractivity contribution is 5.74. The van der Waals surface area contributed by atoms with Crippen LogP contribution in [0.15, 0.2) is 12.3 Å². The van der Waals surface area contributed by atoms with E-state index >= 15 is 0 Å². The molecule has 0 saturated heterocycles. The molecule has 2 aromatic heterocycles. The topological polar surface area (TPSA) is 56.7 Å². The van der Waals surface area contributed by atoms with E-state index in [9.17, 15) is 0 Å². The van der Waals surface area contributed by atoms with Crippen LogP contribution in [0.4, 0.5) is 5.95 Å². The maximum absolute atomic E-state index is 5.95. The SMILES string of the molecule is Cc1cnc2c(c1)nc(N)n2CCCC1CC1. The molecule has 0 spiro atoms. The van der Waals surface area contributed by atoms with E-state index in [-0.39, 0.29) is 0 Å². The minimum absolute atomic E-state index is 0.592. The van der Waals surface area contributed by atoms with E-state index in [0.717, 1.165) is 29.2 Å². The standard InChI is InChI=1S/C13H18N4/c1-9-7-11-12(15-8-9)17(13(14)16-11)6-2-3-10-4-5-10/h7-8,10H,2-6H2,1H3,(H2,14,16). The van der Waals surface area contributed by atoms with Crippen LogP contribution in [0.1, 0.15) is 31.2 Å². The van der Waals surface area contributed by atoms with Crippen LogP contribution < -0.4 is 5.73 Å². The first kappa shape index (κ1) is 10.6. The second-order valence-electron chi connectivity index (χ2n) is 5.06. The number of fused-ring (bicyclic) bond motifs is 1. The molecule has 0 amide bonds. The second-order valence-corrected chi connectivity index (χ2v) is 5.06. The number of nitrogen functional groups attached to an aromatic ring is 1. The molecule has 0 radical (unpaired) electrons. The molecule has 0 unspecified atom stereocenters. The summed E-state index contributed by atoms with van der Waals surface area (Å²) in [7, 11) is 0. The summed E-state index contributed by atoms with van der Waals surface area (Å²) in [6.45, 7) is 2.96. The van der Waals surface area contributed by atoms with Gasteiger partial charge in [-0.1, -0.05) is 12.8 Å². The van der Waals surface area contributed by atoms with Crippen molar-refractivity contribution in [3.05, 3.63) is 17.8 Å². The van der Waals surface area contributed by atoms with Crippen LogP contribution in [0.2, 0.25) is 0 Å². The summed E-state index contributed by atoms with van der Waals surface area (Å²) in [4.78, 5) is 8.80. The van der Waals surface area contributed by atoms with E-state index in [4.69, 9.17) is 5.73 Å². The second kappa shape index (κ2) is 4.02. The average molecular weight is 230 g/mol. The number of imidazole rings is 1.